The second-order valence-corrected chi connectivity index (χ2v) is 8.06. The van der Waals surface area contributed by atoms with Gasteiger partial charge in [-0.3, -0.25) is 9.59 Å². The Morgan fingerprint density at radius 1 is 1.10 bits per heavy atom. The van der Waals surface area contributed by atoms with Crippen LogP contribution in [0.25, 0.3) is 11.4 Å². The number of anilines is 2. The number of hydrogen-bond donors (Lipinski definition) is 2. The normalized spacial score (nSPS) is 10.7. The zero-order valence-corrected chi connectivity index (χ0v) is 18.6. The van der Waals surface area contributed by atoms with Crippen LogP contribution in [0.2, 0.25) is 10.0 Å². The van der Waals surface area contributed by atoms with E-state index in [4.69, 9.17) is 23.2 Å². The van der Waals surface area contributed by atoms with Crippen LogP contribution in [0.3, 0.4) is 0 Å². The highest BCUT2D eigenvalue weighted by molar-refractivity contribution is 7.99. The third-order valence-electron chi connectivity index (χ3n) is 4.01. The minimum Gasteiger partial charge on any atom is -0.326 e. The molecule has 1 heterocycles. The summed E-state index contributed by atoms with van der Waals surface area (Å²) in [6.07, 6.45) is 0. The molecule has 2 aromatic carbocycles. The van der Waals surface area contributed by atoms with E-state index in [1.54, 1.807) is 24.3 Å². The molecule has 0 unspecified atom stereocenters. The third-order valence-corrected chi connectivity index (χ3v) is 5.53. The summed E-state index contributed by atoms with van der Waals surface area (Å²) in [5.41, 5.74) is 2.00. The van der Waals surface area contributed by atoms with Gasteiger partial charge >= 0.3 is 0 Å². The van der Waals surface area contributed by atoms with Gasteiger partial charge in [-0.2, -0.15) is 0 Å². The highest BCUT2D eigenvalue weighted by Gasteiger charge is 2.15. The van der Waals surface area contributed by atoms with E-state index in [1.165, 1.54) is 18.7 Å². The Morgan fingerprint density at radius 3 is 2.60 bits per heavy atom. The molecular weight excluding hydrogens is 445 g/mol. The lowest BCUT2D eigenvalue weighted by Gasteiger charge is -2.09. The van der Waals surface area contributed by atoms with Gasteiger partial charge in [0.25, 0.3) is 0 Å². The Hall–Kier alpha value is -2.55. The van der Waals surface area contributed by atoms with E-state index >= 15 is 0 Å². The van der Waals surface area contributed by atoms with Crippen molar-refractivity contribution in [2.45, 2.75) is 25.5 Å². The van der Waals surface area contributed by atoms with Gasteiger partial charge in [-0.25, -0.2) is 0 Å². The van der Waals surface area contributed by atoms with Crippen LogP contribution < -0.4 is 10.6 Å². The summed E-state index contributed by atoms with van der Waals surface area (Å²) in [5, 5.41) is 15.5. The van der Waals surface area contributed by atoms with E-state index in [0.717, 1.165) is 5.56 Å². The Kier molecular flexibility index (Phi) is 7.36. The predicted octanol–water partition coefficient (Wildman–Crippen LogP) is 4.96. The van der Waals surface area contributed by atoms with Gasteiger partial charge < -0.3 is 15.2 Å². The number of nitrogens with zero attached hydrogens (tertiary/aromatic N) is 3. The van der Waals surface area contributed by atoms with Gasteiger partial charge in [0.2, 0.25) is 11.8 Å². The molecule has 2 N–H and O–H groups in total. The van der Waals surface area contributed by atoms with Crippen molar-refractivity contribution in [2.24, 2.45) is 0 Å². The van der Waals surface area contributed by atoms with Crippen molar-refractivity contribution in [3.05, 3.63) is 52.5 Å². The zero-order valence-electron chi connectivity index (χ0n) is 16.3. The molecule has 3 aromatic rings. The highest BCUT2D eigenvalue weighted by Crippen LogP contribution is 2.28. The lowest BCUT2D eigenvalue weighted by atomic mass is 10.2. The molecule has 7 nitrogen and oxygen atoms in total. The fourth-order valence-corrected chi connectivity index (χ4v) is 4.00. The first-order valence-corrected chi connectivity index (χ1v) is 10.8. The third kappa shape index (κ3) is 5.53. The van der Waals surface area contributed by atoms with Crippen LogP contribution in [0.1, 0.15) is 13.8 Å². The quantitative estimate of drug-likeness (QED) is 0.483. The van der Waals surface area contributed by atoms with Crippen LogP contribution in [0.4, 0.5) is 11.4 Å². The second kappa shape index (κ2) is 9.97. The number of carbonyl (C=O) groups excluding carboxylic acids is 2. The summed E-state index contributed by atoms with van der Waals surface area (Å²) in [7, 11) is 0. The molecule has 0 saturated heterocycles. The first-order valence-electron chi connectivity index (χ1n) is 9.06. The van der Waals surface area contributed by atoms with Gasteiger partial charge in [0.15, 0.2) is 11.0 Å². The number of hydrogen-bond acceptors (Lipinski definition) is 5. The molecule has 1 aromatic heterocycles. The standard InChI is InChI=1S/C20H19Cl2N5O2S/c1-3-27-19(13-5-4-6-15(9-13)23-12(2)28)25-26-20(27)30-11-18(29)24-17-8-7-14(21)10-16(17)22/h4-10H,3,11H2,1-2H3,(H,23,28)(H,24,29). The number of rotatable bonds is 7. The summed E-state index contributed by atoms with van der Waals surface area (Å²) in [5.74, 6) is 0.438. The van der Waals surface area contributed by atoms with Crippen molar-refractivity contribution in [3.63, 3.8) is 0 Å². The molecule has 0 aliphatic rings. The number of aromatic nitrogens is 3. The SMILES string of the molecule is CCn1c(SCC(=O)Nc2ccc(Cl)cc2Cl)nnc1-c1cccc(NC(C)=O)c1. The average molecular weight is 464 g/mol. The zero-order chi connectivity index (χ0) is 21.7. The summed E-state index contributed by atoms with van der Waals surface area (Å²) in [4.78, 5) is 23.6. The number of nitrogens with one attached hydrogen (secondary N) is 2. The van der Waals surface area contributed by atoms with Crippen molar-refractivity contribution >= 4 is 58.2 Å². The summed E-state index contributed by atoms with van der Waals surface area (Å²) in [6.45, 7) is 4.06. The van der Waals surface area contributed by atoms with E-state index in [9.17, 15) is 9.59 Å². The van der Waals surface area contributed by atoms with Gasteiger partial charge in [0, 0.05) is 29.7 Å². The Bertz CT molecular complexity index is 1090. The van der Waals surface area contributed by atoms with E-state index in [1.807, 2.05) is 29.7 Å². The van der Waals surface area contributed by atoms with Gasteiger partial charge in [-0.05, 0) is 37.3 Å². The first-order chi connectivity index (χ1) is 14.4. The molecule has 0 atom stereocenters. The fourth-order valence-electron chi connectivity index (χ4n) is 2.74. The molecule has 10 heteroatoms. The minimum absolute atomic E-state index is 0.142. The molecule has 0 aliphatic carbocycles. The van der Waals surface area contributed by atoms with E-state index in [0.29, 0.717) is 38.9 Å². The summed E-state index contributed by atoms with van der Waals surface area (Å²) >= 11 is 13.2. The van der Waals surface area contributed by atoms with E-state index < -0.39 is 0 Å². The molecule has 0 bridgehead atoms. The molecule has 156 valence electrons. The van der Waals surface area contributed by atoms with Gasteiger partial charge in [-0.1, -0.05) is 47.1 Å². The molecule has 0 fully saturated rings. The number of thioether (sulfide) groups is 1. The summed E-state index contributed by atoms with van der Waals surface area (Å²) in [6, 6.07) is 12.3. The monoisotopic (exact) mass is 463 g/mol. The van der Waals surface area contributed by atoms with Crippen molar-refractivity contribution < 1.29 is 9.59 Å². The van der Waals surface area contributed by atoms with Crippen molar-refractivity contribution in [1.29, 1.82) is 0 Å². The fraction of sp³-hybridized carbons (Fsp3) is 0.200. The smallest absolute Gasteiger partial charge is 0.234 e. The number of benzene rings is 2. The van der Waals surface area contributed by atoms with Crippen molar-refractivity contribution in [1.82, 2.24) is 14.8 Å². The molecular formula is C20H19Cl2N5O2S. The largest absolute Gasteiger partial charge is 0.326 e. The first kappa shape index (κ1) is 22.1. The molecule has 2 amide bonds. The average Bonchev–Trinajstić information content (AvgIpc) is 3.11. The molecule has 0 spiro atoms. The lowest BCUT2D eigenvalue weighted by molar-refractivity contribution is -0.114. The maximum absolute atomic E-state index is 12.3. The maximum Gasteiger partial charge on any atom is 0.234 e. The lowest BCUT2D eigenvalue weighted by Crippen LogP contribution is -2.15. The van der Waals surface area contributed by atoms with Crippen LogP contribution in [0.5, 0.6) is 0 Å². The van der Waals surface area contributed by atoms with E-state index in [-0.39, 0.29) is 17.6 Å². The van der Waals surface area contributed by atoms with Crippen LogP contribution in [-0.4, -0.2) is 32.3 Å². The molecule has 0 aliphatic heterocycles. The van der Waals surface area contributed by atoms with Crippen molar-refractivity contribution in [2.75, 3.05) is 16.4 Å². The van der Waals surface area contributed by atoms with Gasteiger partial charge in [0.1, 0.15) is 0 Å². The molecule has 0 radical (unpaired) electrons. The Morgan fingerprint density at radius 2 is 1.90 bits per heavy atom. The second-order valence-electron chi connectivity index (χ2n) is 6.27. The Labute approximate surface area is 188 Å². The van der Waals surface area contributed by atoms with Gasteiger partial charge in [-0.15, -0.1) is 10.2 Å². The molecule has 0 saturated carbocycles. The maximum atomic E-state index is 12.3. The number of halogens is 2. The Balaban J connectivity index is 1.71. The van der Waals surface area contributed by atoms with Crippen molar-refractivity contribution in [3.8, 4) is 11.4 Å². The number of carbonyl (C=O) groups is 2. The minimum atomic E-state index is -0.218. The topological polar surface area (TPSA) is 88.9 Å². The molecule has 30 heavy (non-hydrogen) atoms. The molecule has 3 rings (SSSR count). The van der Waals surface area contributed by atoms with Gasteiger partial charge in [0.05, 0.1) is 16.5 Å². The number of amides is 2. The van der Waals surface area contributed by atoms with E-state index in [2.05, 4.69) is 20.8 Å². The van der Waals surface area contributed by atoms with Crippen LogP contribution in [0, 0.1) is 0 Å². The van der Waals surface area contributed by atoms with Crippen LogP contribution in [-0.2, 0) is 16.1 Å². The predicted molar refractivity (Wildman–Crippen MR) is 121 cm³/mol. The highest BCUT2D eigenvalue weighted by atomic mass is 35.5. The van der Waals surface area contributed by atoms with Crippen LogP contribution in [0.15, 0.2) is 47.6 Å². The summed E-state index contributed by atoms with van der Waals surface area (Å²) < 4.78 is 1.92. The van der Waals surface area contributed by atoms with Crippen LogP contribution >= 0.6 is 35.0 Å².